The Labute approximate surface area is 144 Å². The van der Waals surface area contributed by atoms with Crippen molar-refractivity contribution in [2.24, 2.45) is 0 Å². The van der Waals surface area contributed by atoms with Crippen LogP contribution in [0.4, 0.5) is 10.5 Å². The van der Waals surface area contributed by atoms with Crippen molar-refractivity contribution in [3.8, 4) is 0 Å². The number of amides is 2. The van der Waals surface area contributed by atoms with E-state index in [9.17, 15) is 4.79 Å². The highest BCUT2D eigenvalue weighted by molar-refractivity contribution is 5.90. The van der Waals surface area contributed by atoms with Gasteiger partial charge in [0.1, 0.15) is 0 Å². The third-order valence-electron chi connectivity index (χ3n) is 4.50. The van der Waals surface area contributed by atoms with Gasteiger partial charge in [-0.1, -0.05) is 17.7 Å². The number of benzene rings is 1. The second-order valence-corrected chi connectivity index (χ2v) is 6.39. The Morgan fingerprint density at radius 3 is 2.54 bits per heavy atom. The van der Waals surface area contributed by atoms with Crippen molar-refractivity contribution >= 4 is 11.7 Å². The fourth-order valence-electron chi connectivity index (χ4n) is 2.95. The zero-order valence-electron chi connectivity index (χ0n) is 15.6. The Hall–Kier alpha value is -2.30. The largest absolute Gasteiger partial charge is 0.327 e. The van der Waals surface area contributed by atoms with Crippen molar-refractivity contribution in [1.29, 1.82) is 0 Å². The third-order valence-corrected chi connectivity index (χ3v) is 4.50. The van der Waals surface area contributed by atoms with Gasteiger partial charge in [0.15, 0.2) is 0 Å². The second kappa shape index (κ2) is 7.51. The lowest BCUT2D eigenvalue weighted by Gasteiger charge is -2.19. The fourth-order valence-corrected chi connectivity index (χ4v) is 2.95. The molecule has 1 N–H and O–H groups in total. The molecule has 0 aliphatic heterocycles. The van der Waals surface area contributed by atoms with Crippen molar-refractivity contribution in [1.82, 2.24) is 14.7 Å². The van der Waals surface area contributed by atoms with Gasteiger partial charge in [-0.05, 0) is 58.2 Å². The van der Waals surface area contributed by atoms with E-state index >= 15 is 0 Å². The van der Waals surface area contributed by atoms with E-state index in [1.165, 1.54) is 16.8 Å². The van der Waals surface area contributed by atoms with Gasteiger partial charge in [-0.2, -0.15) is 5.10 Å². The van der Waals surface area contributed by atoms with Gasteiger partial charge in [-0.15, -0.1) is 0 Å². The van der Waals surface area contributed by atoms with Crippen LogP contribution in [0.2, 0.25) is 0 Å². The number of carbonyl (C=O) groups is 1. The van der Waals surface area contributed by atoms with Crippen molar-refractivity contribution < 1.29 is 4.79 Å². The number of hydrogen-bond acceptors (Lipinski definition) is 2. The Bertz CT molecular complexity index is 733. The van der Waals surface area contributed by atoms with Crippen LogP contribution in [-0.2, 0) is 13.0 Å². The summed E-state index contributed by atoms with van der Waals surface area (Å²) >= 11 is 0. The summed E-state index contributed by atoms with van der Waals surface area (Å²) < 4.78 is 2.01. The number of likely N-dealkylation sites (N-methyl/N-ethyl adjacent to an activating group) is 1. The SMILES string of the molecule is CCn1nc(C)c(CCN(C)C(=O)Nc2ccc(C)cc2C)c1C. The second-order valence-electron chi connectivity index (χ2n) is 6.39. The summed E-state index contributed by atoms with van der Waals surface area (Å²) in [5.74, 6) is 0. The zero-order valence-corrected chi connectivity index (χ0v) is 15.6. The monoisotopic (exact) mass is 328 g/mol. The number of aromatic nitrogens is 2. The van der Waals surface area contributed by atoms with E-state index in [-0.39, 0.29) is 6.03 Å². The fraction of sp³-hybridized carbons (Fsp3) is 0.474. The predicted molar refractivity (Wildman–Crippen MR) is 98.6 cm³/mol. The van der Waals surface area contributed by atoms with Gasteiger partial charge in [-0.25, -0.2) is 4.79 Å². The number of urea groups is 1. The molecule has 1 heterocycles. The molecule has 5 nitrogen and oxygen atoms in total. The molecule has 0 saturated heterocycles. The molecule has 1 aromatic carbocycles. The molecule has 0 atom stereocenters. The first-order valence-corrected chi connectivity index (χ1v) is 8.45. The average Bonchev–Trinajstić information content (AvgIpc) is 2.81. The molecule has 130 valence electrons. The maximum Gasteiger partial charge on any atom is 0.321 e. The first-order valence-electron chi connectivity index (χ1n) is 8.45. The van der Waals surface area contributed by atoms with E-state index in [2.05, 4.69) is 30.3 Å². The van der Waals surface area contributed by atoms with Crippen LogP contribution in [-0.4, -0.2) is 34.3 Å². The molecule has 0 saturated carbocycles. The molecule has 0 spiro atoms. The van der Waals surface area contributed by atoms with E-state index in [1.807, 2.05) is 44.6 Å². The minimum Gasteiger partial charge on any atom is -0.327 e. The smallest absolute Gasteiger partial charge is 0.321 e. The number of rotatable bonds is 5. The van der Waals surface area contributed by atoms with E-state index < -0.39 is 0 Å². The maximum absolute atomic E-state index is 12.4. The van der Waals surface area contributed by atoms with Crippen molar-refractivity contribution in [2.75, 3.05) is 18.9 Å². The molecular formula is C19H28N4O. The molecule has 1 aromatic heterocycles. The van der Waals surface area contributed by atoms with Crippen LogP contribution in [0.1, 0.15) is 35.0 Å². The topological polar surface area (TPSA) is 50.2 Å². The quantitative estimate of drug-likeness (QED) is 0.906. The van der Waals surface area contributed by atoms with Crippen LogP contribution in [0.15, 0.2) is 18.2 Å². The van der Waals surface area contributed by atoms with E-state index in [4.69, 9.17) is 0 Å². The highest BCUT2D eigenvalue weighted by Crippen LogP contribution is 2.17. The lowest BCUT2D eigenvalue weighted by molar-refractivity contribution is 0.223. The number of nitrogens with zero attached hydrogens (tertiary/aromatic N) is 3. The number of nitrogens with one attached hydrogen (secondary N) is 1. The molecule has 2 aromatic rings. The Morgan fingerprint density at radius 2 is 1.96 bits per heavy atom. The minimum atomic E-state index is -0.0832. The summed E-state index contributed by atoms with van der Waals surface area (Å²) in [5.41, 5.74) is 6.62. The number of carbonyl (C=O) groups excluding carboxylic acids is 1. The Balaban J connectivity index is 1.98. The maximum atomic E-state index is 12.4. The van der Waals surface area contributed by atoms with Crippen LogP contribution in [0.3, 0.4) is 0 Å². The molecule has 0 aliphatic carbocycles. The molecule has 24 heavy (non-hydrogen) atoms. The highest BCUT2D eigenvalue weighted by Gasteiger charge is 2.14. The van der Waals surface area contributed by atoms with Crippen LogP contribution in [0.5, 0.6) is 0 Å². The first-order chi connectivity index (χ1) is 11.3. The standard InChI is InChI=1S/C19H28N4O/c1-7-23-16(5)17(15(4)21-23)10-11-22(6)19(24)20-18-9-8-13(2)12-14(18)3/h8-9,12H,7,10-11H2,1-6H3,(H,20,24). The third kappa shape index (κ3) is 3.96. The van der Waals surface area contributed by atoms with Crippen molar-refractivity contribution in [2.45, 2.75) is 47.6 Å². The van der Waals surface area contributed by atoms with Gasteiger partial charge in [0.25, 0.3) is 0 Å². The number of hydrogen-bond donors (Lipinski definition) is 1. The zero-order chi connectivity index (χ0) is 17.9. The van der Waals surface area contributed by atoms with Crippen molar-refractivity contribution in [3.05, 3.63) is 46.3 Å². The lowest BCUT2D eigenvalue weighted by Crippen LogP contribution is -2.33. The van der Waals surface area contributed by atoms with Gasteiger partial charge >= 0.3 is 6.03 Å². The normalized spacial score (nSPS) is 10.8. The summed E-state index contributed by atoms with van der Waals surface area (Å²) in [7, 11) is 1.83. The van der Waals surface area contributed by atoms with Crippen LogP contribution >= 0.6 is 0 Å². The highest BCUT2D eigenvalue weighted by atomic mass is 16.2. The number of anilines is 1. The average molecular weight is 328 g/mol. The molecule has 0 unspecified atom stereocenters. The number of aryl methyl sites for hydroxylation is 4. The van der Waals surface area contributed by atoms with Gasteiger partial charge in [0, 0.05) is 31.5 Å². The van der Waals surface area contributed by atoms with E-state index in [1.54, 1.807) is 4.90 Å². The molecular weight excluding hydrogens is 300 g/mol. The summed E-state index contributed by atoms with van der Waals surface area (Å²) in [6.07, 6.45) is 0.814. The molecule has 2 rings (SSSR count). The lowest BCUT2D eigenvalue weighted by atomic mass is 10.1. The van der Waals surface area contributed by atoms with Gasteiger partial charge < -0.3 is 10.2 Å². The van der Waals surface area contributed by atoms with Crippen LogP contribution in [0, 0.1) is 27.7 Å². The van der Waals surface area contributed by atoms with Crippen LogP contribution < -0.4 is 5.32 Å². The Kier molecular flexibility index (Phi) is 5.65. The molecule has 5 heteroatoms. The minimum absolute atomic E-state index is 0.0832. The predicted octanol–water partition coefficient (Wildman–Crippen LogP) is 3.84. The van der Waals surface area contributed by atoms with Gasteiger partial charge in [0.05, 0.1) is 5.69 Å². The van der Waals surface area contributed by atoms with E-state index in [0.29, 0.717) is 6.54 Å². The first kappa shape index (κ1) is 18.0. The summed E-state index contributed by atoms with van der Waals surface area (Å²) in [5, 5.41) is 7.52. The molecule has 0 radical (unpaired) electrons. The molecule has 0 bridgehead atoms. The Morgan fingerprint density at radius 1 is 1.25 bits per heavy atom. The van der Waals surface area contributed by atoms with Gasteiger partial charge in [0.2, 0.25) is 0 Å². The summed E-state index contributed by atoms with van der Waals surface area (Å²) in [6.45, 7) is 11.8. The van der Waals surface area contributed by atoms with E-state index in [0.717, 1.165) is 29.9 Å². The molecule has 2 amide bonds. The van der Waals surface area contributed by atoms with Gasteiger partial charge in [-0.3, -0.25) is 4.68 Å². The summed E-state index contributed by atoms with van der Waals surface area (Å²) in [6, 6.07) is 5.95. The van der Waals surface area contributed by atoms with Crippen molar-refractivity contribution in [3.63, 3.8) is 0 Å². The molecule has 0 aliphatic rings. The van der Waals surface area contributed by atoms with Crippen LogP contribution in [0.25, 0.3) is 0 Å². The molecule has 0 fully saturated rings. The summed E-state index contributed by atoms with van der Waals surface area (Å²) in [4.78, 5) is 14.1.